The van der Waals surface area contributed by atoms with E-state index in [0.717, 1.165) is 6.07 Å². The molecule has 1 heterocycles. The number of hydrogen-bond acceptors (Lipinski definition) is 3. The van der Waals surface area contributed by atoms with Gasteiger partial charge in [0.15, 0.2) is 0 Å². The van der Waals surface area contributed by atoms with Gasteiger partial charge in [0.1, 0.15) is 15.2 Å². The third-order valence-corrected chi connectivity index (χ3v) is 4.46. The summed E-state index contributed by atoms with van der Waals surface area (Å²) in [5.41, 5.74) is -0.480. The fourth-order valence-corrected chi connectivity index (χ4v) is 3.75. The molecule has 0 fully saturated rings. The van der Waals surface area contributed by atoms with Gasteiger partial charge in [0.25, 0.3) is 15.5 Å². The molecule has 0 saturated carbocycles. The van der Waals surface area contributed by atoms with Crippen LogP contribution in [0.3, 0.4) is 0 Å². The van der Waals surface area contributed by atoms with Gasteiger partial charge in [-0.3, -0.25) is 0 Å². The quantitative estimate of drug-likeness (QED) is 0.409. The summed E-state index contributed by atoms with van der Waals surface area (Å²) in [5.74, 6) is 0. The summed E-state index contributed by atoms with van der Waals surface area (Å²) in [6.07, 6.45) is -2.76. The van der Waals surface area contributed by atoms with Gasteiger partial charge < -0.3 is 0 Å². The highest BCUT2D eigenvalue weighted by Crippen LogP contribution is 2.30. The van der Waals surface area contributed by atoms with Crippen LogP contribution in [0, 0.1) is 3.57 Å². The number of pyridine rings is 1. The SMILES string of the molecule is O=S(=O)(Cl)c1cc(I)c(C(F)F)nc1Br. The third kappa shape index (κ3) is 3.21. The Labute approximate surface area is 111 Å². The van der Waals surface area contributed by atoms with E-state index in [1.807, 2.05) is 0 Å². The fourth-order valence-electron chi connectivity index (χ4n) is 0.787. The molecule has 0 aliphatic carbocycles. The lowest BCUT2D eigenvalue weighted by atomic mass is 10.4. The van der Waals surface area contributed by atoms with E-state index in [1.165, 1.54) is 0 Å². The van der Waals surface area contributed by atoms with Crippen LogP contribution < -0.4 is 0 Å². The number of hydrogen-bond donors (Lipinski definition) is 0. The Morgan fingerprint density at radius 2 is 2.07 bits per heavy atom. The van der Waals surface area contributed by atoms with Gasteiger partial charge >= 0.3 is 0 Å². The molecule has 1 aromatic rings. The highest BCUT2D eigenvalue weighted by molar-refractivity contribution is 14.1. The minimum atomic E-state index is -3.99. The third-order valence-electron chi connectivity index (χ3n) is 1.39. The number of aromatic nitrogens is 1. The first-order valence-corrected chi connectivity index (χ1v) is 7.50. The van der Waals surface area contributed by atoms with Crippen LogP contribution >= 0.6 is 49.2 Å². The fraction of sp³-hybridized carbons (Fsp3) is 0.167. The highest BCUT2D eigenvalue weighted by Gasteiger charge is 2.21. The molecular formula is C6H2BrClF2INO2S. The lowest BCUT2D eigenvalue weighted by Gasteiger charge is -2.06. The molecule has 0 radical (unpaired) electrons. The Morgan fingerprint density at radius 1 is 1.53 bits per heavy atom. The van der Waals surface area contributed by atoms with Gasteiger partial charge in [0, 0.05) is 14.3 Å². The predicted molar refractivity (Wildman–Crippen MR) is 62.6 cm³/mol. The van der Waals surface area contributed by atoms with Crippen LogP contribution in [0.4, 0.5) is 8.78 Å². The summed E-state index contributed by atoms with van der Waals surface area (Å²) in [6, 6.07) is 1.04. The second-order valence-electron chi connectivity index (χ2n) is 2.38. The summed E-state index contributed by atoms with van der Waals surface area (Å²) >= 11 is 4.35. The maximum absolute atomic E-state index is 12.4. The van der Waals surface area contributed by atoms with Crippen molar-refractivity contribution in [3.63, 3.8) is 0 Å². The standard InChI is InChI=1S/C6H2BrClF2INO2S/c7-5-3(15(8,13)14)1-2(11)4(12-5)6(9)10/h1,6H. The molecular weight excluding hydrogens is 430 g/mol. The van der Waals surface area contributed by atoms with Crippen molar-refractivity contribution in [2.24, 2.45) is 0 Å². The molecule has 0 unspecified atom stereocenters. The molecule has 0 aliphatic heterocycles. The van der Waals surface area contributed by atoms with E-state index in [0.29, 0.717) is 0 Å². The molecule has 0 bridgehead atoms. The minimum Gasteiger partial charge on any atom is -0.237 e. The van der Waals surface area contributed by atoms with Crippen LogP contribution in [-0.2, 0) is 9.05 Å². The van der Waals surface area contributed by atoms with Crippen molar-refractivity contribution in [3.8, 4) is 0 Å². The largest absolute Gasteiger partial charge is 0.281 e. The molecule has 0 saturated heterocycles. The Bertz CT molecular complexity index is 496. The molecule has 0 spiro atoms. The van der Waals surface area contributed by atoms with Crippen LogP contribution in [0.25, 0.3) is 0 Å². The zero-order chi connectivity index (χ0) is 11.8. The van der Waals surface area contributed by atoms with Crippen molar-refractivity contribution in [3.05, 3.63) is 19.9 Å². The van der Waals surface area contributed by atoms with Gasteiger partial charge in [-0.1, -0.05) is 0 Å². The van der Waals surface area contributed by atoms with Crippen LogP contribution in [0.5, 0.6) is 0 Å². The van der Waals surface area contributed by atoms with E-state index in [1.54, 1.807) is 22.6 Å². The molecule has 0 aromatic carbocycles. The Hall–Kier alpha value is 0.460. The van der Waals surface area contributed by atoms with E-state index in [4.69, 9.17) is 10.7 Å². The smallest absolute Gasteiger partial charge is 0.237 e. The van der Waals surface area contributed by atoms with Gasteiger partial charge in [0.05, 0.1) is 0 Å². The summed E-state index contributed by atoms with van der Waals surface area (Å²) in [5, 5.41) is 0. The molecule has 0 atom stereocenters. The first-order chi connectivity index (χ1) is 6.73. The molecule has 1 aromatic heterocycles. The normalized spacial score (nSPS) is 12.1. The minimum absolute atomic E-state index is 0.0463. The van der Waals surface area contributed by atoms with E-state index >= 15 is 0 Å². The first-order valence-electron chi connectivity index (χ1n) is 3.32. The van der Waals surface area contributed by atoms with Gasteiger partial charge in [-0.25, -0.2) is 22.2 Å². The van der Waals surface area contributed by atoms with Crippen molar-refractivity contribution in [1.82, 2.24) is 4.98 Å². The van der Waals surface area contributed by atoms with Crippen LogP contribution in [0.2, 0.25) is 0 Å². The highest BCUT2D eigenvalue weighted by atomic mass is 127. The van der Waals surface area contributed by atoms with Crippen LogP contribution in [0.15, 0.2) is 15.6 Å². The first kappa shape index (κ1) is 13.5. The van der Waals surface area contributed by atoms with Gasteiger partial charge in [-0.05, 0) is 44.6 Å². The van der Waals surface area contributed by atoms with Crippen LogP contribution in [-0.4, -0.2) is 13.4 Å². The average Bonchev–Trinajstić information content (AvgIpc) is 2.06. The molecule has 1 rings (SSSR count). The predicted octanol–water partition coefficient (Wildman–Crippen LogP) is 3.31. The number of nitrogens with zero attached hydrogens (tertiary/aromatic N) is 1. The molecule has 15 heavy (non-hydrogen) atoms. The Balaban J connectivity index is 3.46. The maximum Gasteiger partial charge on any atom is 0.281 e. The molecule has 0 amide bonds. The van der Waals surface area contributed by atoms with Crippen molar-refractivity contribution in [1.29, 1.82) is 0 Å². The maximum atomic E-state index is 12.4. The zero-order valence-corrected chi connectivity index (χ0v) is 12.0. The molecule has 84 valence electrons. The zero-order valence-electron chi connectivity index (χ0n) is 6.72. The monoisotopic (exact) mass is 431 g/mol. The van der Waals surface area contributed by atoms with E-state index in [-0.39, 0.29) is 13.1 Å². The topological polar surface area (TPSA) is 47.0 Å². The summed E-state index contributed by atoms with van der Waals surface area (Å²) in [6.45, 7) is 0. The second kappa shape index (κ2) is 4.76. The number of alkyl halides is 2. The van der Waals surface area contributed by atoms with E-state index in [9.17, 15) is 17.2 Å². The number of rotatable bonds is 2. The number of halogens is 5. The van der Waals surface area contributed by atoms with Gasteiger partial charge in [-0.15, -0.1) is 0 Å². The Morgan fingerprint density at radius 3 is 2.47 bits per heavy atom. The van der Waals surface area contributed by atoms with Crippen molar-refractivity contribution in [2.45, 2.75) is 11.3 Å². The molecule has 9 heteroatoms. The van der Waals surface area contributed by atoms with Crippen LogP contribution in [0.1, 0.15) is 12.1 Å². The van der Waals surface area contributed by atoms with Crippen molar-refractivity contribution >= 4 is 58.3 Å². The Kier molecular flexibility index (Phi) is 4.29. The summed E-state index contributed by atoms with van der Waals surface area (Å²) in [4.78, 5) is 3.11. The molecule has 0 aliphatic rings. The lowest BCUT2D eigenvalue weighted by Crippen LogP contribution is -2.01. The van der Waals surface area contributed by atoms with E-state index in [2.05, 4.69) is 20.9 Å². The van der Waals surface area contributed by atoms with Gasteiger partial charge in [-0.2, -0.15) is 0 Å². The van der Waals surface area contributed by atoms with Crippen molar-refractivity contribution < 1.29 is 17.2 Å². The summed E-state index contributed by atoms with van der Waals surface area (Å²) in [7, 11) is 1.09. The lowest BCUT2D eigenvalue weighted by molar-refractivity contribution is 0.144. The van der Waals surface area contributed by atoms with E-state index < -0.39 is 21.2 Å². The van der Waals surface area contributed by atoms with Gasteiger partial charge in [0.2, 0.25) is 0 Å². The summed E-state index contributed by atoms with van der Waals surface area (Å²) < 4.78 is 46.5. The average molecular weight is 432 g/mol. The molecule has 0 N–H and O–H groups in total. The molecule has 3 nitrogen and oxygen atoms in total. The second-order valence-corrected chi connectivity index (χ2v) is 6.83. The van der Waals surface area contributed by atoms with Crippen molar-refractivity contribution in [2.75, 3.05) is 0 Å².